The summed E-state index contributed by atoms with van der Waals surface area (Å²) in [4.78, 5) is 35.9. The first-order chi connectivity index (χ1) is 13.1. The van der Waals surface area contributed by atoms with E-state index in [1.807, 2.05) is 6.92 Å². The van der Waals surface area contributed by atoms with Gasteiger partial charge in [0.2, 0.25) is 0 Å². The smallest absolute Gasteiger partial charge is 0.408 e. The van der Waals surface area contributed by atoms with Gasteiger partial charge in [0.15, 0.2) is 0 Å². The number of carbonyl (C=O) groups is 3. The molecule has 0 heterocycles. The molecule has 0 fully saturated rings. The van der Waals surface area contributed by atoms with E-state index in [0.29, 0.717) is 6.61 Å². The predicted octanol–water partition coefficient (Wildman–Crippen LogP) is 3.18. The summed E-state index contributed by atoms with van der Waals surface area (Å²) in [6.07, 6.45) is 1.41. The Morgan fingerprint density at radius 3 is 2.21 bits per heavy atom. The van der Waals surface area contributed by atoms with Gasteiger partial charge in [0, 0.05) is 6.42 Å². The third-order valence-corrected chi connectivity index (χ3v) is 3.76. The van der Waals surface area contributed by atoms with Gasteiger partial charge in [0.25, 0.3) is 0 Å². The van der Waals surface area contributed by atoms with Gasteiger partial charge >= 0.3 is 18.0 Å². The largest absolute Gasteiger partial charge is 0.469 e. The van der Waals surface area contributed by atoms with Gasteiger partial charge in [-0.3, -0.25) is 4.79 Å². The van der Waals surface area contributed by atoms with Crippen LogP contribution in [0, 0.1) is 0 Å². The molecule has 1 aromatic carbocycles. The van der Waals surface area contributed by atoms with Crippen LogP contribution in [0.2, 0.25) is 0 Å². The van der Waals surface area contributed by atoms with Crippen molar-refractivity contribution in [3.63, 3.8) is 0 Å². The van der Waals surface area contributed by atoms with Gasteiger partial charge in [-0.2, -0.15) is 0 Å². The Kier molecular flexibility index (Phi) is 9.48. The number of carbonyl (C=O) groups excluding carboxylic acids is 3. The number of amides is 1. The number of ether oxygens (including phenoxy) is 3. The number of unbranched alkanes of at least 4 members (excludes halogenated alkanes) is 1. The van der Waals surface area contributed by atoms with Gasteiger partial charge in [0.05, 0.1) is 20.1 Å². The fourth-order valence-electron chi connectivity index (χ4n) is 2.33. The molecule has 7 heteroatoms. The highest BCUT2D eigenvalue weighted by Gasteiger charge is 2.26. The Morgan fingerprint density at radius 1 is 1.07 bits per heavy atom. The van der Waals surface area contributed by atoms with Crippen LogP contribution < -0.4 is 5.32 Å². The monoisotopic (exact) mass is 393 g/mol. The Hall–Kier alpha value is -2.57. The van der Waals surface area contributed by atoms with Crippen molar-refractivity contribution in [3.05, 3.63) is 35.4 Å². The summed E-state index contributed by atoms with van der Waals surface area (Å²) in [5.41, 5.74) is 0.955. The highest BCUT2D eigenvalue weighted by Crippen LogP contribution is 2.11. The molecule has 0 aromatic heterocycles. The number of methoxy groups -OCH3 is 1. The topological polar surface area (TPSA) is 90.9 Å². The highest BCUT2D eigenvalue weighted by atomic mass is 16.6. The molecule has 7 nitrogen and oxygen atoms in total. The SMILES string of the molecule is CCCCOC(=O)[C@H](Cc1ccc(CC(=O)OC)cc1)NC(=O)OC(C)(C)C. The van der Waals surface area contributed by atoms with Crippen LogP contribution in [-0.4, -0.2) is 43.4 Å². The number of rotatable bonds is 9. The van der Waals surface area contributed by atoms with Crippen molar-refractivity contribution in [1.29, 1.82) is 0 Å². The lowest BCUT2D eigenvalue weighted by atomic mass is 10.0. The molecule has 0 aliphatic carbocycles. The highest BCUT2D eigenvalue weighted by molar-refractivity contribution is 5.81. The number of alkyl carbamates (subject to hydrolysis) is 1. The average Bonchev–Trinajstić information content (AvgIpc) is 2.61. The van der Waals surface area contributed by atoms with Gasteiger partial charge < -0.3 is 19.5 Å². The van der Waals surface area contributed by atoms with Crippen LogP contribution in [0.1, 0.15) is 51.7 Å². The fraction of sp³-hybridized carbons (Fsp3) is 0.571. The number of benzene rings is 1. The van der Waals surface area contributed by atoms with E-state index >= 15 is 0 Å². The van der Waals surface area contributed by atoms with E-state index < -0.39 is 23.7 Å². The molecule has 0 aliphatic rings. The zero-order chi connectivity index (χ0) is 21.2. The molecule has 0 radical (unpaired) electrons. The van der Waals surface area contributed by atoms with E-state index in [1.54, 1.807) is 45.0 Å². The maximum Gasteiger partial charge on any atom is 0.408 e. The molecule has 1 aromatic rings. The first-order valence-electron chi connectivity index (χ1n) is 9.45. The van der Waals surface area contributed by atoms with Crippen molar-refractivity contribution >= 4 is 18.0 Å². The maximum atomic E-state index is 12.4. The second-order valence-electron chi connectivity index (χ2n) is 7.49. The molecule has 0 spiro atoms. The minimum Gasteiger partial charge on any atom is -0.469 e. The lowest BCUT2D eigenvalue weighted by Gasteiger charge is -2.23. The summed E-state index contributed by atoms with van der Waals surface area (Å²) >= 11 is 0. The number of hydrogen-bond donors (Lipinski definition) is 1. The first kappa shape index (κ1) is 23.5. The van der Waals surface area contributed by atoms with Crippen molar-refractivity contribution < 1.29 is 28.6 Å². The molecule has 28 heavy (non-hydrogen) atoms. The third-order valence-electron chi connectivity index (χ3n) is 3.76. The number of nitrogens with one attached hydrogen (secondary N) is 1. The summed E-state index contributed by atoms with van der Waals surface area (Å²) in [7, 11) is 1.34. The summed E-state index contributed by atoms with van der Waals surface area (Å²) in [6, 6.07) is 6.33. The van der Waals surface area contributed by atoms with Crippen LogP contribution in [-0.2, 0) is 36.6 Å². The molecule has 0 unspecified atom stereocenters. The van der Waals surface area contributed by atoms with Crippen LogP contribution >= 0.6 is 0 Å². The van der Waals surface area contributed by atoms with Gasteiger partial charge in [-0.25, -0.2) is 9.59 Å². The Labute approximate surface area is 166 Å². The van der Waals surface area contributed by atoms with Crippen LogP contribution in [0.3, 0.4) is 0 Å². The van der Waals surface area contributed by atoms with Crippen LogP contribution in [0.15, 0.2) is 24.3 Å². The molecular weight excluding hydrogens is 362 g/mol. The van der Waals surface area contributed by atoms with Gasteiger partial charge in [0.1, 0.15) is 11.6 Å². The predicted molar refractivity (Wildman–Crippen MR) is 105 cm³/mol. The molecule has 0 saturated heterocycles. The van der Waals surface area contributed by atoms with E-state index in [0.717, 1.165) is 24.0 Å². The summed E-state index contributed by atoms with van der Waals surface area (Å²) in [6.45, 7) is 7.56. The molecule has 1 atom stereocenters. The second-order valence-corrected chi connectivity index (χ2v) is 7.49. The van der Waals surface area contributed by atoms with Crippen LogP contribution in [0.25, 0.3) is 0 Å². The van der Waals surface area contributed by atoms with Crippen molar-refractivity contribution in [1.82, 2.24) is 5.32 Å². The summed E-state index contributed by atoms with van der Waals surface area (Å²) < 4.78 is 15.2. The van der Waals surface area contributed by atoms with E-state index in [4.69, 9.17) is 9.47 Å². The lowest BCUT2D eigenvalue weighted by Crippen LogP contribution is -2.45. The van der Waals surface area contributed by atoms with E-state index in [-0.39, 0.29) is 18.8 Å². The standard InChI is InChI=1S/C21H31NO6/c1-6-7-12-27-19(24)17(22-20(25)28-21(2,3)4)13-15-8-10-16(11-9-15)14-18(23)26-5/h8-11,17H,6-7,12-14H2,1-5H3,(H,22,25)/t17-/m0/s1. The maximum absolute atomic E-state index is 12.4. The Bertz CT molecular complexity index is 648. The Morgan fingerprint density at radius 2 is 1.68 bits per heavy atom. The average molecular weight is 393 g/mol. The third kappa shape index (κ3) is 9.39. The van der Waals surface area contributed by atoms with Crippen molar-refractivity contribution in [2.24, 2.45) is 0 Å². The van der Waals surface area contributed by atoms with Gasteiger partial charge in [-0.15, -0.1) is 0 Å². The van der Waals surface area contributed by atoms with Crippen LogP contribution in [0.4, 0.5) is 4.79 Å². The second kappa shape index (κ2) is 11.3. The Balaban J connectivity index is 2.81. The van der Waals surface area contributed by atoms with E-state index in [1.165, 1.54) is 7.11 Å². The van der Waals surface area contributed by atoms with E-state index in [9.17, 15) is 14.4 Å². The van der Waals surface area contributed by atoms with Gasteiger partial charge in [-0.05, 0) is 38.3 Å². The summed E-state index contributed by atoms with van der Waals surface area (Å²) in [5, 5.41) is 2.59. The number of hydrogen-bond acceptors (Lipinski definition) is 6. The molecule has 156 valence electrons. The normalized spacial score (nSPS) is 12.0. The van der Waals surface area contributed by atoms with Crippen molar-refractivity contribution in [3.8, 4) is 0 Å². The minimum atomic E-state index is -0.863. The zero-order valence-electron chi connectivity index (χ0n) is 17.4. The van der Waals surface area contributed by atoms with Crippen LogP contribution in [0.5, 0.6) is 0 Å². The molecule has 0 bridgehead atoms. The molecular formula is C21H31NO6. The van der Waals surface area contributed by atoms with Crippen molar-refractivity contribution in [2.75, 3.05) is 13.7 Å². The zero-order valence-corrected chi connectivity index (χ0v) is 17.4. The van der Waals surface area contributed by atoms with Gasteiger partial charge in [-0.1, -0.05) is 37.6 Å². The molecule has 1 rings (SSSR count). The van der Waals surface area contributed by atoms with Crippen molar-refractivity contribution in [2.45, 2.75) is 65.0 Å². The summed E-state index contributed by atoms with van der Waals surface area (Å²) in [5.74, 6) is -0.824. The fourth-order valence-corrected chi connectivity index (χ4v) is 2.33. The molecule has 1 amide bonds. The quantitative estimate of drug-likeness (QED) is 0.394. The van der Waals surface area contributed by atoms with E-state index in [2.05, 4.69) is 10.1 Å². The molecule has 0 aliphatic heterocycles. The number of esters is 2. The molecule has 0 saturated carbocycles. The molecule has 1 N–H and O–H groups in total. The minimum absolute atomic E-state index is 0.176. The first-order valence-corrected chi connectivity index (χ1v) is 9.45. The lowest BCUT2D eigenvalue weighted by molar-refractivity contribution is -0.146.